The normalized spacial score (nSPS) is 11.3. The van der Waals surface area contributed by atoms with E-state index in [1.807, 2.05) is 20.8 Å². The molecule has 0 radical (unpaired) electrons. The monoisotopic (exact) mass is 238 g/mol. The first-order valence-corrected chi connectivity index (χ1v) is 6.00. The van der Waals surface area contributed by atoms with Crippen LogP contribution in [0.2, 0.25) is 0 Å². The van der Waals surface area contributed by atoms with E-state index in [9.17, 15) is 9.18 Å². The highest BCUT2D eigenvalue weighted by molar-refractivity contribution is 5.94. The highest BCUT2D eigenvalue weighted by Crippen LogP contribution is 2.20. The fourth-order valence-electron chi connectivity index (χ4n) is 1.88. The lowest BCUT2D eigenvalue weighted by molar-refractivity contribution is 0.0884. The number of hydrogen-bond donors (Lipinski definition) is 1. The Hall–Kier alpha value is -1.45. The van der Waals surface area contributed by atoms with Crippen molar-refractivity contribution in [3.8, 4) is 0 Å². The summed E-state index contributed by atoms with van der Waals surface area (Å²) in [7, 11) is 0. The molecule has 0 bridgehead atoms. The minimum atomic E-state index is -0.581. The summed E-state index contributed by atoms with van der Waals surface area (Å²) in [5.74, 6) is -0.947. The Morgan fingerprint density at radius 2 is 1.94 bits per heavy atom. The van der Waals surface area contributed by atoms with E-state index in [4.69, 9.17) is 0 Å². The van der Waals surface area contributed by atoms with Crippen LogP contribution in [0, 0.1) is 5.82 Å². The second-order valence-electron chi connectivity index (χ2n) is 4.15. The van der Waals surface area contributed by atoms with Gasteiger partial charge >= 0.3 is 0 Å². The molecule has 0 atom stereocenters. The van der Waals surface area contributed by atoms with Crippen molar-refractivity contribution in [1.29, 1.82) is 0 Å². The molecular formula is C13H19FN2O. The smallest absolute Gasteiger partial charge is 0.254 e. The summed E-state index contributed by atoms with van der Waals surface area (Å²) in [5, 5.41) is 2.93. The van der Waals surface area contributed by atoms with Gasteiger partial charge in [-0.2, -0.15) is 0 Å². The molecule has 1 aromatic rings. The van der Waals surface area contributed by atoms with E-state index < -0.39 is 5.82 Å². The van der Waals surface area contributed by atoms with E-state index in [1.165, 1.54) is 12.3 Å². The topological polar surface area (TPSA) is 42.0 Å². The van der Waals surface area contributed by atoms with Gasteiger partial charge in [0.2, 0.25) is 0 Å². The molecule has 0 saturated carbocycles. The summed E-state index contributed by atoms with van der Waals surface area (Å²) in [6.07, 6.45) is 4.97. The fraction of sp³-hybridized carbons (Fsp3) is 0.538. The second-order valence-corrected chi connectivity index (χ2v) is 4.15. The van der Waals surface area contributed by atoms with Crippen molar-refractivity contribution in [2.75, 3.05) is 0 Å². The third-order valence-corrected chi connectivity index (χ3v) is 3.43. The number of nitrogens with zero attached hydrogens (tertiary/aromatic N) is 1. The largest absolute Gasteiger partial charge is 0.347 e. The van der Waals surface area contributed by atoms with E-state index in [0.29, 0.717) is 0 Å². The molecule has 4 heteroatoms. The van der Waals surface area contributed by atoms with Gasteiger partial charge in [-0.15, -0.1) is 0 Å². The van der Waals surface area contributed by atoms with Gasteiger partial charge in [-0.3, -0.25) is 9.78 Å². The van der Waals surface area contributed by atoms with E-state index in [0.717, 1.165) is 25.5 Å². The predicted molar refractivity (Wildman–Crippen MR) is 65.3 cm³/mol. The molecule has 0 saturated heterocycles. The molecule has 1 amide bonds. The molecule has 3 nitrogen and oxygen atoms in total. The summed E-state index contributed by atoms with van der Waals surface area (Å²) in [6.45, 7) is 6.07. The summed E-state index contributed by atoms with van der Waals surface area (Å²) < 4.78 is 13.4. The van der Waals surface area contributed by atoms with Crippen molar-refractivity contribution < 1.29 is 9.18 Å². The molecule has 0 aliphatic carbocycles. The maximum atomic E-state index is 13.4. The van der Waals surface area contributed by atoms with E-state index in [2.05, 4.69) is 10.3 Å². The molecule has 0 aromatic carbocycles. The van der Waals surface area contributed by atoms with Crippen LogP contribution in [0.3, 0.4) is 0 Å². The van der Waals surface area contributed by atoms with Gasteiger partial charge in [-0.05, 0) is 25.3 Å². The van der Waals surface area contributed by atoms with Crippen LogP contribution in [-0.4, -0.2) is 16.4 Å². The van der Waals surface area contributed by atoms with Gasteiger partial charge in [0.15, 0.2) is 5.82 Å². The van der Waals surface area contributed by atoms with Crippen LogP contribution in [0.1, 0.15) is 50.4 Å². The lowest BCUT2D eigenvalue weighted by atomic mass is 9.89. The van der Waals surface area contributed by atoms with Crippen LogP contribution >= 0.6 is 0 Å². The van der Waals surface area contributed by atoms with Crippen LogP contribution in [0.5, 0.6) is 0 Å². The number of hydrogen-bond acceptors (Lipinski definition) is 2. The van der Waals surface area contributed by atoms with Crippen LogP contribution < -0.4 is 5.32 Å². The molecule has 94 valence electrons. The van der Waals surface area contributed by atoms with Gasteiger partial charge in [-0.1, -0.05) is 20.8 Å². The average molecular weight is 238 g/mol. The lowest BCUT2D eigenvalue weighted by Gasteiger charge is -2.31. The standard InChI is InChI=1S/C13H19FN2O/c1-4-13(5-2,6-3)16-12(17)10-7-8-15-9-11(10)14/h7-9H,4-6H2,1-3H3,(H,16,17). The Kier molecular flexibility index (Phi) is 4.61. The Labute approximate surface area is 101 Å². The lowest BCUT2D eigenvalue weighted by Crippen LogP contribution is -2.47. The van der Waals surface area contributed by atoms with Crippen LogP contribution in [0.25, 0.3) is 0 Å². The van der Waals surface area contributed by atoms with Crippen molar-refractivity contribution in [3.63, 3.8) is 0 Å². The second kappa shape index (κ2) is 5.75. The Balaban J connectivity index is 2.89. The number of rotatable bonds is 5. The first kappa shape index (κ1) is 13.6. The Morgan fingerprint density at radius 1 is 1.35 bits per heavy atom. The molecular weight excluding hydrogens is 219 g/mol. The summed E-state index contributed by atoms with van der Waals surface area (Å²) in [5.41, 5.74) is -0.188. The maximum absolute atomic E-state index is 13.4. The summed E-state index contributed by atoms with van der Waals surface area (Å²) >= 11 is 0. The zero-order valence-electron chi connectivity index (χ0n) is 10.6. The van der Waals surface area contributed by atoms with Gasteiger partial charge in [-0.25, -0.2) is 4.39 Å². The van der Waals surface area contributed by atoms with Crippen molar-refractivity contribution in [1.82, 2.24) is 10.3 Å². The highest BCUT2D eigenvalue weighted by Gasteiger charge is 2.27. The predicted octanol–water partition coefficient (Wildman–Crippen LogP) is 2.92. The van der Waals surface area contributed by atoms with Crippen LogP contribution in [-0.2, 0) is 0 Å². The molecule has 1 heterocycles. The molecule has 1 aromatic heterocycles. The van der Waals surface area contributed by atoms with Gasteiger partial charge in [0.05, 0.1) is 11.8 Å². The number of aromatic nitrogens is 1. The number of amides is 1. The summed E-state index contributed by atoms with van der Waals surface area (Å²) in [4.78, 5) is 15.6. The van der Waals surface area contributed by atoms with E-state index >= 15 is 0 Å². The zero-order valence-corrected chi connectivity index (χ0v) is 10.6. The minimum absolute atomic E-state index is 0.0553. The van der Waals surface area contributed by atoms with Crippen molar-refractivity contribution >= 4 is 5.91 Å². The highest BCUT2D eigenvalue weighted by atomic mass is 19.1. The first-order valence-electron chi connectivity index (χ1n) is 6.00. The van der Waals surface area contributed by atoms with Gasteiger partial charge in [0.1, 0.15) is 0 Å². The first-order chi connectivity index (χ1) is 8.08. The molecule has 1 rings (SSSR count). The Morgan fingerprint density at radius 3 is 2.41 bits per heavy atom. The SMILES string of the molecule is CCC(CC)(CC)NC(=O)c1ccncc1F. The number of halogens is 1. The Bertz CT molecular complexity index is 380. The van der Waals surface area contributed by atoms with E-state index in [-0.39, 0.29) is 17.0 Å². The number of pyridine rings is 1. The molecule has 0 spiro atoms. The molecule has 1 N–H and O–H groups in total. The molecule has 0 fully saturated rings. The van der Waals surface area contributed by atoms with Gasteiger partial charge < -0.3 is 5.32 Å². The molecule has 0 aliphatic rings. The van der Waals surface area contributed by atoms with Crippen molar-refractivity contribution in [3.05, 3.63) is 29.8 Å². The third-order valence-electron chi connectivity index (χ3n) is 3.43. The number of carbonyl (C=O) groups excluding carboxylic acids is 1. The molecule has 17 heavy (non-hydrogen) atoms. The minimum Gasteiger partial charge on any atom is -0.347 e. The third kappa shape index (κ3) is 3.02. The number of nitrogens with one attached hydrogen (secondary N) is 1. The van der Waals surface area contributed by atoms with Gasteiger partial charge in [0.25, 0.3) is 5.91 Å². The van der Waals surface area contributed by atoms with Crippen molar-refractivity contribution in [2.45, 2.75) is 45.6 Å². The molecule has 0 unspecified atom stereocenters. The quantitative estimate of drug-likeness (QED) is 0.857. The van der Waals surface area contributed by atoms with Crippen molar-refractivity contribution in [2.24, 2.45) is 0 Å². The van der Waals surface area contributed by atoms with E-state index in [1.54, 1.807) is 0 Å². The van der Waals surface area contributed by atoms with Crippen LogP contribution in [0.4, 0.5) is 4.39 Å². The average Bonchev–Trinajstić information content (AvgIpc) is 2.36. The fourth-order valence-corrected chi connectivity index (χ4v) is 1.88. The van der Waals surface area contributed by atoms with Gasteiger partial charge in [0, 0.05) is 11.7 Å². The zero-order chi connectivity index (χ0) is 12.9. The number of carbonyl (C=O) groups is 1. The summed E-state index contributed by atoms with van der Waals surface area (Å²) in [6, 6.07) is 1.40. The molecule has 0 aliphatic heterocycles. The van der Waals surface area contributed by atoms with Crippen LogP contribution in [0.15, 0.2) is 18.5 Å². The maximum Gasteiger partial charge on any atom is 0.254 e.